The van der Waals surface area contributed by atoms with E-state index in [-0.39, 0.29) is 6.04 Å². The lowest BCUT2D eigenvalue weighted by Gasteiger charge is -2.49. The number of para-hydroxylation sites is 1. The van der Waals surface area contributed by atoms with Crippen LogP contribution in [0.3, 0.4) is 0 Å². The highest BCUT2D eigenvalue weighted by Gasteiger charge is 2.43. The zero-order valence-electron chi connectivity index (χ0n) is 22.1. The van der Waals surface area contributed by atoms with Gasteiger partial charge in [-0.05, 0) is 46.5 Å². The molecule has 40 heavy (non-hydrogen) atoms. The number of allylic oxidation sites excluding steroid dienone is 4. The Balaban J connectivity index is 1.26. The van der Waals surface area contributed by atoms with E-state index in [2.05, 4.69) is 137 Å². The van der Waals surface area contributed by atoms with Crippen molar-refractivity contribution in [3.8, 4) is 17.2 Å². The summed E-state index contributed by atoms with van der Waals surface area (Å²) in [6.07, 6.45) is 20.5. The third kappa shape index (κ3) is 4.25. The van der Waals surface area contributed by atoms with E-state index in [0.29, 0.717) is 17.1 Å². The third-order valence-corrected chi connectivity index (χ3v) is 11.4. The molecular formula is C36H28N3Si. The zero-order valence-corrected chi connectivity index (χ0v) is 23.1. The van der Waals surface area contributed by atoms with Crippen molar-refractivity contribution in [3.05, 3.63) is 151 Å². The zero-order chi connectivity index (χ0) is 26.9. The van der Waals surface area contributed by atoms with E-state index in [1.165, 1.54) is 27.2 Å². The molecule has 7 rings (SSSR count). The van der Waals surface area contributed by atoms with Gasteiger partial charge in [0.2, 0.25) is 0 Å². The summed E-state index contributed by atoms with van der Waals surface area (Å²) in [6.45, 7) is 0. The fourth-order valence-corrected chi connectivity index (χ4v) is 9.72. The van der Waals surface area contributed by atoms with Gasteiger partial charge in [-0.3, -0.25) is 4.98 Å². The number of hydrogen-bond acceptors (Lipinski definition) is 3. The molecule has 0 saturated carbocycles. The first kappa shape index (κ1) is 24.3. The molecule has 3 nitrogen and oxygen atoms in total. The number of pyridine rings is 1. The Morgan fingerprint density at radius 3 is 2.55 bits per heavy atom. The standard InChI is InChI=1S/C36H28N3Si/c37-24-29-20-21-38-25-32(29)28-12-8-10-26(22-28)27-11-9-13-30(23-27)39-33-16-4-6-18-35(33)40(31-14-2-1-3-15-31)36-19-7-5-17-34(36)39/h1-22,25,30,33,35H,23H2. The van der Waals surface area contributed by atoms with Gasteiger partial charge < -0.3 is 4.90 Å². The van der Waals surface area contributed by atoms with Gasteiger partial charge in [0, 0.05) is 29.2 Å². The molecule has 3 aromatic carbocycles. The summed E-state index contributed by atoms with van der Waals surface area (Å²) >= 11 is 0. The average molecular weight is 531 g/mol. The van der Waals surface area contributed by atoms with Crippen LogP contribution >= 0.6 is 0 Å². The topological polar surface area (TPSA) is 39.9 Å². The van der Waals surface area contributed by atoms with Crippen LogP contribution in [0.15, 0.2) is 140 Å². The van der Waals surface area contributed by atoms with Gasteiger partial charge in [0.15, 0.2) is 0 Å². The van der Waals surface area contributed by atoms with Crippen LogP contribution in [0.1, 0.15) is 17.5 Å². The van der Waals surface area contributed by atoms with Gasteiger partial charge in [-0.2, -0.15) is 5.26 Å². The molecule has 0 amide bonds. The molecule has 0 bridgehead atoms. The maximum Gasteiger partial charge on any atom is 0.133 e. The Bertz CT molecular complexity index is 1730. The Kier molecular flexibility index (Phi) is 6.35. The minimum absolute atomic E-state index is 0.237. The molecule has 4 heteroatoms. The fourth-order valence-electron chi connectivity index (χ4n) is 6.44. The second kappa shape index (κ2) is 10.4. The second-order valence-corrected chi connectivity index (χ2v) is 13.1. The Morgan fingerprint density at radius 1 is 0.825 bits per heavy atom. The van der Waals surface area contributed by atoms with Gasteiger partial charge in [-0.15, -0.1) is 0 Å². The highest BCUT2D eigenvalue weighted by Crippen LogP contribution is 2.40. The summed E-state index contributed by atoms with van der Waals surface area (Å²) in [5.74, 6) is 0. The SMILES string of the molecule is N#Cc1ccncc1-c1cccc(C2=CC=CC(N3c4ccccc4[Si](c4ccccc4)C4C=CC=CC43)C2)c1. The Labute approximate surface area is 237 Å². The van der Waals surface area contributed by atoms with Gasteiger partial charge in [0.05, 0.1) is 23.7 Å². The molecule has 2 heterocycles. The first-order chi connectivity index (χ1) is 19.8. The smallest absolute Gasteiger partial charge is 0.133 e. The van der Waals surface area contributed by atoms with E-state index in [4.69, 9.17) is 0 Å². The quantitative estimate of drug-likeness (QED) is 0.290. The molecule has 191 valence electrons. The van der Waals surface area contributed by atoms with Crippen molar-refractivity contribution in [2.45, 2.75) is 24.0 Å². The highest BCUT2D eigenvalue weighted by molar-refractivity contribution is 6.88. The summed E-state index contributed by atoms with van der Waals surface area (Å²) in [5.41, 5.74) is 6.85. The molecule has 3 aliphatic rings. The van der Waals surface area contributed by atoms with Crippen molar-refractivity contribution in [2.75, 3.05) is 4.90 Å². The molecule has 1 aliphatic heterocycles. The summed E-state index contributed by atoms with van der Waals surface area (Å²) in [7, 11) is -1.01. The van der Waals surface area contributed by atoms with E-state index >= 15 is 0 Å². The van der Waals surface area contributed by atoms with Crippen molar-refractivity contribution < 1.29 is 0 Å². The van der Waals surface area contributed by atoms with E-state index in [1.54, 1.807) is 18.5 Å². The van der Waals surface area contributed by atoms with Crippen LogP contribution in [-0.2, 0) is 0 Å². The van der Waals surface area contributed by atoms with Crippen LogP contribution in [0.2, 0.25) is 5.54 Å². The molecule has 3 atom stereocenters. The van der Waals surface area contributed by atoms with Gasteiger partial charge >= 0.3 is 0 Å². The van der Waals surface area contributed by atoms with E-state index in [1.807, 2.05) is 0 Å². The largest absolute Gasteiger partial charge is 0.358 e. The molecule has 0 N–H and O–H groups in total. The maximum absolute atomic E-state index is 9.63. The number of aromatic nitrogens is 1. The predicted molar refractivity (Wildman–Crippen MR) is 166 cm³/mol. The summed E-state index contributed by atoms with van der Waals surface area (Å²) in [6, 6.07) is 33.4. The third-order valence-electron chi connectivity index (χ3n) is 8.22. The first-order valence-corrected chi connectivity index (χ1v) is 15.4. The van der Waals surface area contributed by atoms with Gasteiger partial charge in [0.25, 0.3) is 0 Å². The fraction of sp³-hybridized carbons (Fsp3) is 0.111. The van der Waals surface area contributed by atoms with Crippen LogP contribution in [0.4, 0.5) is 5.69 Å². The van der Waals surface area contributed by atoms with Crippen LogP contribution in [0.5, 0.6) is 0 Å². The predicted octanol–water partition coefficient (Wildman–Crippen LogP) is 6.33. The number of fused-ring (bicyclic) bond motifs is 2. The van der Waals surface area contributed by atoms with Crippen LogP contribution in [0.25, 0.3) is 16.7 Å². The van der Waals surface area contributed by atoms with Gasteiger partial charge in [-0.25, -0.2) is 0 Å². The Morgan fingerprint density at radius 2 is 1.65 bits per heavy atom. The molecule has 4 aromatic rings. The van der Waals surface area contributed by atoms with Crippen molar-refractivity contribution >= 4 is 30.4 Å². The minimum atomic E-state index is -1.01. The number of rotatable bonds is 4. The van der Waals surface area contributed by atoms with Crippen molar-refractivity contribution in [3.63, 3.8) is 0 Å². The normalized spacial score (nSPS) is 21.3. The molecule has 1 radical (unpaired) electrons. The van der Waals surface area contributed by atoms with E-state index < -0.39 is 8.80 Å². The summed E-state index contributed by atoms with van der Waals surface area (Å²) < 4.78 is 0. The number of nitriles is 1. The van der Waals surface area contributed by atoms with E-state index in [0.717, 1.165) is 17.5 Å². The first-order valence-electron chi connectivity index (χ1n) is 13.8. The molecule has 3 unspecified atom stereocenters. The van der Waals surface area contributed by atoms with Gasteiger partial charge in [-0.1, -0.05) is 114 Å². The molecule has 2 aliphatic carbocycles. The molecule has 1 aromatic heterocycles. The number of anilines is 1. The summed E-state index contributed by atoms with van der Waals surface area (Å²) in [5, 5.41) is 12.6. The van der Waals surface area contributed by atoms with Crippen molar-refractivity contribution in [1.82, 2.24) is 4.98 Å². The van der Waals surface area contributed by atoms with Gasteiger partial charge in [0.1, 0.15) is 8.80 Å². The van der Waals surface area contributed by atoms with Crippen LogP contribution in [0, 0.1) is 11.3 Å². The number of nitrogens with zero attached hydrogens (tertiary/aromatic N) is 3. The highest BCUT2D eigenvalue weighted by atomic mass is 28.3. The van der Waals surface area contributed by atoms with Crippen molar-refractivity contribution in [1.29, 1.82) is 5.26 Å². The summed E-state index contributed by atoms with van der Waals surface area (Å²) in [4.78, 5) is 6.95. The minimum Gasteiger partial charge on any atom is -0.358 e. The lowest BCUT2D eigenvalue weighted by molar-refractivity contribution is 0.612. The average Bonchev–Trinajstić information content (AvgIpc) is 3.04. The monoisotopic (exact) mass is 530 g/mol. The lowest BCUT2D eigenvalue weighted by atomic mass is 9.89. The number of benzene rings is 3. The van der Waals surface area contributed by atoms with Crippen LogP contribution in [-0.4, -0.2) is 25.9 Å². The van der Waals surface area contributed by atoms with Crippen LogP contribution < -0.4 is 15.3 Å². The second-order valence-electron chi connectivity index (χ2n) is 10.5. The van der Waals surface area contributed by atoms with Crippen molar-refractivity contribution in [2.24, 2.45) is 0 Å². The molecular weight excluding hydrogens is 503 g/mol. The van der Waals surface area contributed by atoms with E-state index in [9.17, 15) is 5.26 Å². The molecule has 0 saturated heterocycles. The molecule has 0 spiro atoms. The molecule has 0 fully saturated rings. The Hall–Kier alpha value is -4.72. The lowest BCUT2D eigenvalue weighted by Crippen LogP contribution is -2.61. The maximum atomic E-state index is 9.63. The number of hydrogen-bond donors (Lipinski definition) is 0.